The number of nitrogens with zero attached hydrogens (tertiary/aromatic N) is 2. The number of rotatable bonds is 5. The zero-order valence-corrected chi connectivity index (χ0v) is 13.6. The third-order valence-corrected chi connectivity index (χ3v) is 4.00. The van der Waals surface area contributed by atoms with E-state index in [-0.39, 0.29) is 24.2 Å². The molecule has 2 amide bonds. The molecule has 7 nitrogen and oxygen atoms in total. The first-order valence-electron chi connectivity index (χ1n) is 7.70. The van der Waals surface area contributed by atoms with Gasteiger partial charge in [0.1, 0.15) is 11.5 Å². The van der Waals surface area contributed by atoms with Crippen LogP contribution in [0.3, 0.4) is 0 Å². The monoisotopic (exact) mass is 329 g/mol. The average Bonchev–Trinajstić information content (AvgIpc) is 3.14. The van der Waals surface area contributed by atoms with E-state index >= 15 is 0 Å². The van der Waals surface area contributed by atoms with Crippen molar-refractivity contribution in [3.05, 3.63) is 41.7 Å². The van der Waals surface area contributed by atoms with Crippen molar-refractivity contribution in [2.75, 3.05) is 19.0 Å². The molecule has 1 fully saturated rings. The molecule has 24 heavy (non-hydrogen) atoms. The van der Waals surface area contributed by atoms with Gasteiger partial charge in [0.2, 0.25) is 11.8 Å². The second-order valence-electron chi connectivity index (χ2n) is 5.84. The Bertz CT molecular complexity index is 739. The van der Waals surface area contributed by atoms with Gasteiger partial charge in [-0.1, -0.05) is 17.3 Å². The lowest BCUT2D eigenvalue weighted by Gasteiger charge is -2.16. The first-order chi connectivity index (χ1) is 11.5. The molecule has 1 aromatic carbocycles. The van der Waals surface area contributed by atoms with Gasteiger partial charge in [-0.05, 0) is 24.6 Å². The van der Waals surface area contributed by atoms with Gasteiger partial charge in [-0.15, -0.1) is 0 Å². The van der Waals surface area contributed by atoms with Crippen molar-refractivity contribution in [1.29, 1.82) is 0 Å². The molecule has 1 N–H and O–H groups in total. The summed E-state index contributed by atoms with van der Waals surface area (Å²) in [5.41, 5.74) is 0.998. The Labute approximate surface area is 139 Å². The zero-order chi connectivity index (χ0) is 17.1. The molecule has 0 aliphatic carbocycles. The van der Waals surface area contributed by atoms with Crippen molar-refractivity contribution < 1.29 is 18.8 Å². The van der Waals surface area contributed by atoms with Crippen molar-refractivity contribution >= 4 is 17.6 Å². The normalized spacial score (nSPS) is 17.2. The third kappa shape index (κ3) is 3.56. The summed E-state index contributed by atoms with van der Waals surface area (Å²) in [6.45, 7) is 2.63. The van der Waals surface area contributed by atoms with Gasteiger partial charge in [-0.3, -0.25) is 9.59 Å². The number of carbonyl (C=O) groups excluding carboxylic acids is 2. The van der Waals surface area contributed by atoms with Gasteiger partial charge in [0, 0.05) is 25.6 Å². The molecule has 1 aromatic heterocycles. The summed E-state index contributed by atoms with van der Waals surface area (Å²) in [5, 5.41) is 6.42. The van der Waals surface area contributed by atoms with Crippen molar-refractivity contribution in [3.8, 4) is 5.75 Å². The van der Waals surface area contributed by atoms with Crippen LogP contribution < -0.4 is 10.1 Å². The maximum Gasteiger partial charge on any atom is 0.231 e. The van der Waals surface area contributed by atoms with Crippen LogP contribution in [0.1, 0.15) is 17.7 Å². The highest BCUT2D eigenvalue weighted by Crippen LogP contribution is 2.22. The molecule has 1 saturated heterocycles. The zero-order valence-electron chi connectivity index (χ0n) is 13.6. The summed E-state index contributed by atoms with van der Waals surface area (Å²) in [4.78, 5) is 26.1. The molecule has 1 aliphatic heterocycles. The molecule has 0 spiro atoms. The van der Waals surface area contributed by atoms with E-state index < -0.39 is 0 Å². The van der Waals surface area contributed by atoms with Gasteiger partial charge in [-0.2, -0.15) is 0 Å². The van der Waals surface area contributed by atoms with Crippen LogP contribution in [-0.2, 0) is 16.1 Å². The van der Waals surface area contributed by atoms with Crippen LogP contribution in [0.15, 0.2) is 34.9 Å². The summed E-state index contributed by atoms with van der Waals surface area (Å²) in [5.74, 6) is 1.14. The van der Waals surface area contributed by atoms with Crippen LogP contribution in [0.4, 0.5) is 5.82 Å². The topological polar surface area (TPSA) is 84.7 Å². The van der Waals surface area contributed by atoms with Crippen LogP contribution >= 0.6 is 0 Å². The van der Waals surface area contributed by atoms with E-state index in [9.17, 15) is 9.59 Å². The van der Waals surface area contributed by atoms with E-state index in [1.807, 2.05) is 24.3 Å². The van der Waals surface area contributed by atoms with Gasteiger partial charge >= 0.3 is 0 Å². The number of aromatic nitrogens is 1. The SMILES string of the molecule is COc1ccc(CN2C[C@H](C(=O)Nc3cc(C)on3)CC2=O)cc1. The molecule has 2 aromatic rings. The molecule has 3 rings (SSSR count). The highest BCUT2D eigenvalue weighted by molar-refractivity contribution is 5.96. The number of amides is 2. The smallest absolute Gasteiger partial charge is 0.231 e. The fourth-order valence-electron chi connectivity index (χ4n) is 2.71. The van der Waals surface area contributed by atoms with Crippen molar-refractivity contribution in [1.82, 2.24) is 10.1 Å². The van der Waals surface area contributed by atoms with Crippen molar-refractivity contribution in [2.24, 2.45) is 5.92 Å². The Kier molecular flexibility index (Phi) is 4.50. The third-order valence-electron chi connectivity index (χ3n) is 4.00. The van der Waals surface area contributed by atoms with Crippen molar-refractivity contribution in [3.63, 3.8) is 0 Å². The summed E-state index contributed by atoms with van der Waals surface area (Å²) in [7, 11) is 1.61. The molecule has 0 saturated carbocycles. The predicted octanol–water partition coefficient (Wildman–Crippen LogP) is 1.98. The first-order valence-corrected chi connectivity index (χ1v) is 7.70. The lowest BCUT2D eigenvalue weighted by atomic mass is 10.1. The highest BCUT2D eigenvalue weighted by Gasteiger charge is 2.34. The molecule has 2 heterocycles. The number of nitrogens with one attached hydrogen (secondary N) is 1. The molecule has 1 aliphatic rings. The molecule has 1 atom stereocenters. The van der Waals surface area contributed by atoms with E-state index in [1.165, 1.54) is 0 Å². The van der Waals surface area contributed by atoms with E-state index in [0.29, 0.717) is 24.7 Å². The lowest BCUT2D eigenvalue weighted by molar-refractivity contribution is -0.128. The first kappa shape index (κ1) is 16.0. The van der Waals surface area contributed by atoms with Crippen LogP contribution in [0.2, 0.25) is 0 Å². The minimum absolute atomic E-state index is 0.0256. The standard InChI is InChI=1S/C17H19N3O4/c1-11-7-15(19-24-11)18-17(22)13-8-16(21)20(10-13)9-12-3-5-14(23-2)6-4-12/h3-7,13H,8-10H2,1-2H3,(H,18,19,22)/t13-/m1/s1. The van der Waals surface area contributed by atoms with Crippen LogP contribution in [0, 0.1) is 12.8 Å². The fourth-order valence-corrected chi connectivity index (χ4v) is 2.71. The molecule has 0 bridgehead atoms. The summed E-state index contributed by atoms with van der Waals surface area (Å²) in [6.07, 6.45) is 0.207. The largest absolute Gasteiger partial charge is 0.497 e. The van der Waals surface area contributed by atoms with E-state index in [1.54, 1.807) is 25.0 Å². The second-order valence-corrected chi connectivity index (χ2v) is 5.84. The number of anilines is 1. The number of ether oxygens (including phenoxy) is 1. The summed E-state index contributed by atoms with van der Waals surface area (Å²) >= 11 is 0. The van der Waals surface area contributed by atoms with Crippen molar-refractivity contribution in [2.45, 2.75) is 19.9 Å². The van der Waals surface area contributed by atoms with Gasteiger partial charge in [-0.25, -0.2) is 0 Å². The quantitative estimate of drug-likeness (QED) is 0.906. The minimum atomic E-state index is -0.382. The number of benzene rings is 1. The number of hydrogen-bond donors (Lipinski definition) is 1. The molecule has 7 heteroatoms. The van der Waals surface area contributed by atoms with Gasteiger partial charge in [0.05, 0.1) is 13.0 Å². The minimum Gasteiger partial charge on any atom is -0.497 e. The second kappa shape index (κ2) is 6.74. The Balaban J connectivity index is 1.59. The van der Waals surface area contributed by atoms with E-state index in [2.05, 4.69) is 10.5 Å². The lowest BCUT2D eigenvalue weighted by Crippen LogP contribution is -2.28. The van der Waals surface area contributed by atoms with E-state index in [4.69, 9.17) is 9.26 Å². The number of hydrogen-bond acceptors (Lipinski definition) is 5. The number of methoxy groups -OCH3 is 1. The molecule has 126 valence electrons. The Hall–Kier alpha value is -2.83. The van der Waals surface area contributed by atoms with Gasteiger partial charge in [0.15, 0.2) is 5.82 Å². The summed E-state index contributed by atoms with van der Waals surface area (Å²) < 4.78 is 10.0. The van der Waals surface area contributed by atoms with Gasteiger partial charge < -0.3 is 19.5 Å². The summed E-state index contributed by atoms with van der Waals surface area (Å²) in [6, 6.07) is 9.18. The van der Waals surface area contributed by atoms with Crippen LogP contribution in [0.25, 0.3) is 0 Å². The average molecular weight is 329 g/mol. The maximum absolute atomic E-state index is 12.3. The molecule has 0 unspecified atom stereocenters. The van der Waals surface area contributed by atoms with E-state index in [0.717, 1.165) is 11.3 Å². The Morgan fingerprint density at radius 3 is 2.79 bits per heavy atom. The Morgan fingerprint density at radius 1 is 1.42 bits per heavy atom. The fraction of sp³-hybridized carbons (Fsp3) is 0.353. The molecular weight excluding hydrogens is 310 g/mol. The number of carbonyl (C=O) groups is 2. The van der Waals surface area contributed by atoms with Gasteiger partial charge in [0.25, 0.3) is 0 Å². The predicted molar refractivity (Wildman–Crippen MR) is 86.4 cm³/mol. The Morgan fingerprint density at radius 2 is 2.17 bits per heavy atom. The van der Waals surface area contributed by atoms with Crippen LogP contribution in [0.5, 0.6) is 5.75 Å². The molecule has 0 radical (unpaired) electrons. The maximum atomic E-state index is 12.3. The van der Waals surface area contributed by atoms with Crippen LogP contribution in [-0.4, -0.2) is 35.5 Å². The molecular formula is C17H19N3O4. The number of likely N-dealkylation sites (tertiary alicyclic amines) is 1. The number of aryl methyl sites for hydroxylation is 1. The highest BCUT2D eigenvalue weighted by atomic mass is 16.5.